The Morgan fingerprint density at radius 2 is 2.26 bits per heavy atom. The van der Waals surface area contributed by atoms with Gasteiger partial charge in [0.15, 0.2) is 0 Å². The third kappa shape index (κ3) is 3.26. The lowest BCUT2D eigenvalue weighted by Gasteiger charge is -2.17. The second kappa shape index (κ2) is 6.24. The molecular formula is C17H18N2O4. The second-order valence-electron chi connectivity index (χ2n) is 5.79. The Balaban J connectivity index is 1.67. The molecule has 0 saturated heterocycles. The van der Waals surface area contributed by atoms with Crippen molar-refractivity contribution in [2.45, 2.75) is 31.7 Å². The fourth-order valence-electron chi connectivity index (χ4n) is 2.86. The van der Waals surface area contributed by atoms with E-state index in [9.17, 15) is 14.9 Å². The van der Waals surface area contributed by atoms with E-state index in [0.29, 0.717) is 6.42 Å². The van der Waals surface area contributed by atoms with Gasteiger partial charge < -0.3 is 9.73 Å². The Bertz CT molecular complexity index is 711. The molecule has 2 aromatic rings. The van der Waals surface area contributed by atoms with E-state index in [1.807, 2.05) is 19.1 Å². The van der Waals surface area contributed by atoms with Gasteiger partial charge in [0, 0.05) is 24.0 Å². The Labute approximate surface area is 133 Å². The molecule has 0 aliphatic heterocycles. The Hall–Kier alpha value is -2.63. The highest BCUT2D eigenvalue weighted by molar-refractivity contribution is 5.83. The van der Waals surface area contributed by atoms with Crippen molar-refractivity contribution in [3.63, 3.8) is 0 Å². The van der Waals surface area contributed by atoms with E-state index >= 15 is 0 Å². The number of carbonyl (C=O) groups is 1. The molecule has 120 valence electrons. The van der Waals surface area contributed by atoms with Crippen molar-refractivity contribution in [3.05, 3.63) is 64.1 Å². The maximum Gasteiger partial charge on any atom is 0.269 e. The minimum atomic E-state index is -0.425. The highest BCUT2D eigenvalue weighted by Crippen LogP contribution is 2.48. The lowest BCUT2D eigenvalue weighted by Crippen LogP contribution is -2.29. The standard InChI is InChI=1S/C17H18N2O4/c1-2-15(11-5-3-6-12(9-11)19(21)22)18-17(20)14-10-13(14)16-7-4-8-23-16/h3-9,13-15H,2,10H2,1H3,(H,18,20). The van der Waals surface area contributed by atoms with Crippen LogP contribution in [0.25, 0.3) is 0 Å². The van der Waals surface area contributed by atoms with Crippen molar-refractivity contribution in [2.24, 2.45) is 5.92 Å². The summed E-state index contributed by atoms with van der Waals surface area (Å²) >= 11 is 0. The zero-order chi connectivity index (χ0) is 16.4. The first-order valence-electron chi connectivity index (χ1n) is 7.68. The fourth-order valence-corrected chi connectivity index (χ4v) is 2.86. The Morgan fingerprint density at radius 1 is 1.43 bits per heavy atom. The first-order valence-corrected chi connectivity index (χ1v) is 7.68. The maximum absolute atomic E-state index is 12.4. The van der Waals surface area contributed by atoms with Crippen molar-refractivity contribution in [1.29, 1.82) is 0 Å². The maximum atomic E-state index is 12.4. The van der Waals surface area contributed by atoms with Crippen molar-refractivity contribution >= 4 is 11.6 Å². The van der Waals surface area contributed by atoms with Crippen LogP contribution in [0.3, 0.4) is 0 Å². The molecule has 3 rings (SSSR count). The van der Waals surface area contributed by atoms with Gasteiger partial charge in [-0.3, -0.25) is 14.9 Å². The van der Waals surface area contributed by atoms with Crippen LogP contribution in [0.1, 0.15) is 43.0 Å². The van der Waals surface area contributed by atoms with Crippen LogP contribution in [0.5, 0.6) is 0 Å². The second-order valence-corrected chi connectivity index (χ2v) is 5.79. The van der Waals surface area contributed by atoms with Crippen LogP contribution >= 0.6 is 0 Å². The van der Waals surface area contributed by atoms with Crippen molar-refractivity contribution in [2.75, 3.05) is 0 Å². The molecule has 1 aliphatic rings. The van der Waals surface area contributed by atoms with Gasteiger partial charge in [0.2, 0.25) is 5.91 Å². The van der Waals surface area contributed by atoms with Gasteiger partial charge in [0.1, 0.15) is 5.76 Å². The number of amides is 1. The van der Waals surface area contributed by atoms with Gasteiger partial charge in [-0.05, 0) is 30.5 Å². The van der Waals surface area contributed by atoms with Gasteiger partial charge >= 0.3 is 0 Å². The highest BCUT2D eigenvalue weighted by Gasteiger charge is 2.46. The summed E-state index contributed by atoms with van der Waals surface area (Å²) in [5.74, 6) is 0.889. The van der Waals surface area contributed by atoms with Gasteiger partial charge in [-0.25, -0.2) is 0 Å². The van der Waals surface area contributed by atoms with Crippen LogP contribution in [0, 0.1) is 16.0 Å². The fraction of sp³-hybridized carbons (Fsp3) is 0.353. The van der Waals surface area contributed by atoms with Crippen LogP contribution in [0.2, 0.25) is 0 Å². The lowest BCUT2D eigenvalue weighted by atomic mass is 10.0. The molecule has 0 spiro atoms. The molecule has 3 unspecified atom stereocenters. The van der Waals surface area contributed by atoms with E-state index in [2.05, 4.69) is 5.32 Å². The van der Waals surface area contributed by atoms with E-state index < -0.39 is 4.92 Å². The molecule has 23 heavy (non-hydrogen) atoms. The molecule has 1 saturated carbocycles. The molecule has 3 atom stereocenters. The number of rotatable bonds is 6. The quantitative estimate of drug-likeness (QED) is 0.652. The van der Waals surface area contributed by atoms with Crippen molar-refractivity contribution < 1.29 is 14.1 Å². The molecule has 6 nitrogen and oxygen atoms in total. The largest absolute Gasteiger partial charge is 0.469 e. The van der Waals surface area contributed by atoms with Gasteiger partial charge in [-0.15, -0.1) is 0 Å². The van der Waals surface area contributed by atoms with Crippen molar-refractivity contribution in [3.8, 4) is 0 Å². The van der Waals surface area contributed by atoms with E-state index in [1.165, 1.54) is 12.1 Å². The molecule has 6 heteroatoms. The number of benzene rings is 1. The van der Waals surface area contributed by atoms with Crippen molar-refractivity contribution in [1.82, 2.24) is 5.32 Å². The average Bonchev–Trinajstić information content (AvgIpc) is 3.18. The van der Waals surface area contributed by atoms with Gasteiger partial charge in [0.05, 0.1) is 17.2 Å². The smallest absolute Gasteiger partial charge is 0.269 e. The number of nitrogens with one attached hydrogen (secondary N) is 1. The number of hydrogen-bond donors (Lipinski definition) is 1. The lowest BCUT2D eigenvalue weighted by molar-refractivity contribution is -0.384. The summed E-state index contributed by atoms with van der Waals surface area (Å²) in [5.41, 5.74) is 0.792. The third-order valence-electron chi connectivity index (χ3n) is 4.24. The minimum Gasteiger partial charge on any atom is -0.469 e. The average molecular weight is 314 g/mol. The van der Waals surface area contributed by atoms with Crippen LogP contribution in [0.15, 0.2) is 47.1 Å². The van der Waals surface area contributed by atoms with E-state index in [4.69, 9.17) is 4.42 Å². The molecule has 1 amide bonds. The number of hydrogen-bond acceptors (Lipinski definition) is 4. The van der Waals surface area contributed by atoms with Crippen LogP contribution in [-0.2, 0) is 4.79 Å². The van der Waals surface area contributed by atoms with Crippen LogP contribution < -0.4 is 5.32 Å². The molecule has 1 aliphatic carbocycles. The summed E-state index contributed by atoms with van der Waals surface area (Å²) < 4.78 is 5.34. The predicted octanol–water partition coefficient (Wildman–Crippen LogP) is 3.56. The van der Waals surface area contributed by atoms with E-state index in [0.717, 1.165) is 17.7 Å². The Kier molecular flexibility index (Phi) is 4.14. The summed E-state index contributed by atoms with van der Waals surface area (Å²) in [5, 5.41) is 13.9. The number of non-ortho nitro benzene ring substituents is 1. The minimum absolute atomic E-state index is 0.0234. The van der Waals surface area contributed by atoms with Gasteiger partial charge in [-0.2, -0.15) is 0 Å². The van der Waals surface area contributed by atoms with Crippen LogP contribution in [-0.4, -0.2) is 10.8 Å². The first-order chi connectivity index (χ1) is 11.1. The number of nitrogens with zero attached hydrogens (tertiary/aromatic N) is 1. The first kappa shape index (κ1) is 15.3. The molecule has 0 bridgehead atoms. The Morgan fingerprint density at radius 3 is 2.91 bits per heavy atom. The SMILES string of the molecule is CCC(NC(=O)C1CC1c1ccco1)c1cccc([N+](=O)[O-])c1. The van der Waals surface area contributed by atoms with Crippen LogP contribution in [0.4, 0.5) is 5.69 Å². The number of carbonyl (C=O) groups excluding carboxylic acids is 1. The zero-order valence-corrected chi connectivity index (χ0v) is 12.8. The molecule has 1 N–H and O–H groups in total. The molecular weight excluding hydrogens is 296 g/mol. The van der Waals surface area contributed by atoms with Gasteiger partial charge in [-0.1, -0.05) is 19.1 Å². The molecule has 1 fully saturated rings. The van der Waals surface area contributed by atoms with E-state index in [1.54, 1.807) is 18.4 Å². The normalized spacial score (nSPS) is 20.7. The van der Waals surface area contributed by atoms with Gasteiger partial charge in [0.25, 0.3) is 5.69 Å². The summed E-state index contributed by atoms with van der Waals surface area (Å²) in [6.07, 6.45) is 3.07. The summed E-state index contributed by atoms with van der Waals surface area (Å²) in [7, 11) is 0. The number of nitro groups is 1. The zero-order valence-electron chi connectivity index (χ0n) is 12.8. The highest BCUT2D eigenvalue weighted by atomic mass is 16.6. The molecule has 1 aromatic heterocycles. The topological polar surface area (TPSA) is 85.4 Å². The monoisotopic (exact) mass is 314 g/mol. The summed E-state index contributed by atoms with van der Waals surface area (Å²) in [6, 6.07) is 9.90. The summed E-state index contributed by atoms with van der Waals surface area (Å²) in [6.45, 7) is 1.95. The molecule has 1 aromatic carbocycles. The summed E-state index contributed by atoms with van der Waals surface area (Å²) in [4.78, 5) is 22.8. The predicted molar refractivity (Wildman–Crippen MR) is 83.8 cm³/mol. The molecule has 0 radical (unpaired) electrons. The third-order valence-corrected chi connectivity index (χ3v) is 4.24. The number of nitro benzene ring substituents is 1. The molecule has 1 heterocycles. The van der Waals surface area contributed by atoms with E-state index in [-0.39, 0.29) is 29.5 Å². The number of furan rings is 1.